The number of aromatic nitrogens is 2. The van der Waals surface area contributed by atoms with Crippen molar-refractivity contribution >= 4 is 34.1 Å². The average molecular weight is 361 g/mol. The van der Waals surface area contributed by atoms with Gasteiger partial charge in [0, 0.05) is 24.1 Å². The average Bonchev–Trinajstić information content (AvgIpc) is 2.63. The van der Waals surface area contributed by atoms with Crippen LogP contribution < -0.4 is 10.1 Å². The maximum absolute atomic E-state index is 12.2. The van der Waals surface area contributed by atoms with E-state index in [-0.39, 0.29) is 5.91 Å². The summed E-state index contributed by atoms with van der Waals surface area (Å²) in [6.07, 6.45) is 8.61. The number of nitrogens with one attached hydrogen (secondary N) is 1. The first-order valence-corrected chi connectivity index (χ1v) is 8.73. The van der Waals surface area contributed by atoms with E-state index in [4.69, 9.17) is 16.3 Å². The van der Waals surface area contributed by atoms with Gasteiger partial charge in [-0.2, -0.15) is 0 Å². The number of benzene rings is 1. The number of hydrogen-bond acceptors (Lipinski definition) is 5. The molecule has 1 aromatic carbocycles. The number of ether oxygens (including phenoxy) is 1. The van der Waals surface area contributed by atoms with Crippen LogP contribution in [0.2, 0.25) is 5.15 Å². The molecule has 0 aliphatic carbocycles. The fourth-order valence-corrected chi connectivity index (χ4v) is 3.14. The van der Waals surface area contributed by atoms with Crippen LogP contribution in [0.3, 0.4) is 0 Å². The Morgan fingerprint density at radius 1 is 1.32 bits per heavy atom. The molecule has 1 N–H and O–H groups in total. The van der Waals surface area contributed by atoms with E-state index in [1.54, 1.807) is 25.3 Å². The third-order valence-electron chi connectivity index (χ3n) is 4.25. The van der Waals surface area contributed by atoms with E-state index in [1.807, 2.05) is 6.08 Å². The lowest BCUT2D eigenvalue weighted by molar-refractivity contribution is -0.111. The fourth-order valence-electron chi connectivity index (χ4n) is 2.94. The van der Waals surface area contributed by atoms with Gasteiger partial charge in [0.05, 0.1) is 18.3 Å². The molecule has 6 nitrogen and oxygen atoms in total. The van der Waals surface area contributed by atoms with Crippen LogP contribution in [0.25, 0.3) is 10.9 Å². The molecule has 0 spiro atoms. The van der Waals surface area contributed by atoms with Gasteiger partial charge in [-0.3, -0.25) is 9.69 Å². The van der Waals surface area contributed by atoms with Gasteiger partial charge in [0.2, 0.25) is 5.91 Å². The van der Waals surface area contributed by atoms with Gasteiger partial charge >= 0.3 is 0 Å². The predicted octanol–water partition coefficient (Wildman–Crippen LogP) is 3.27. The minimum absolute atomic E-state index is 0.206. The minimum atomic E-state index is -0.206. The molecule has 2 aromatic rings. The van der Waals surface area contributed by atoms with Crippen molar-refractivity contribution < 1.29 is 9.53 Å². The summed E-state index contributed by atoms with van der Waals surface area (Å²) in [6.45, 7) is 2.99. The van der Waals surface area contributed by atoms with Crippen LogP contribution in [-0.2, 0) is 4.79 Å². The number of methoxy groups -OCH3 is 1. The standard InChI is InChI=1S/C18H21ClN4O2/c1-25-16-11-14-13(18(19)21-12-20-14)10-15(16)22-17(24)6-5-9-23-7-3-2-4-8-23/h5-6,10-12H,2-4,7-9H2,1H3,(H,22,24)/b6-5+. The molecule has 2 heterocycles. The Bertz CT molecular complexity index is 788. The lowest BCUT2D eigenvalue weighted by atomic mass is 10.1. The highest BCUT2D eigenvalue weighted by Gasteiger charge is 2.11. The van der Waals surface area contributed by atoms with Gasteiger partial charge in [-0.15, -0.1) is 0 Å². The van der Waals surface area contributed by atoms with Crippen LogP contribution in [0.15, 0.2) is 30.6 Å². The van der Waals surface area contributed by atoms with Crippen LogP contribution in [0, 0.1) is 0 Å². The van der Waals surface area contributed by atoms with Gasteiger partial charge in [0.25, 0.3) is 0 Å². The number of rotatable bonds is 5. The van der Waals surface area contributed by atoms with E-state index < -0.39 is 0 Å². The molecule has 1 aromatic heterocycles. The lowest BCUT2D eigenvalue weighted by Crippen LogP contribution is -2.29. The molecule has 1 fully saturated rings. The summed E-state index contributed by atoms with van der Waals surface area (Å²) in [7, 11) is 1.55. The van der Waals surface area contributed by atoms with Crippen LogP contribution in [0.5, 0.6) is 5.75 Å². The zero-order valence-electron chi connectivity index (χ0n) is 14.2. The molecular formula is C18H21ClN4O2. The number of carbonyl (C=O) groups is 1. The number of carbonyl (C=O) groups excluding carboxylic acids is 1. The van der Waals surface area contributed by atoms with Crippen molar-refractivity contribution in [3.8, 4) is 5.75 Å². The number of fused-ring (bicyclic) bond motifs is 1. The number of anilines is 1. The Balaban J connectivity index is 1.70. The third kappa shape index (κ3) is 4.46. The molecule has 0 unspecified atom stereocenters. The van der Waals surface area contributed by atoms with Crippen molar-refractivity contribution in [1.82, 2.24) is 14.9 Å². The van der Waals surface area contributed by atoms with Gasteiger partial charge < -0.3 is 10.1 Å². The lowest BCUT2D eigenvalue weighted by Gasteiger charge is -2.24. The van der Waals surface area contributed by atoms with Gasteiger partial charge in [0.1, 0.15) is 17.2 Å². The highest BCUT2D eigenvalue weighted by Crippen LogP contribution is 2.31. The van der Waals surface area contributed by atoms with Crippen LogP contribution in [-0.4, -0.2) is 47.5 Å². The first-order chi connectivity index (χ1) is 12.2. The van der Waals surface area contributed by atoms with Crippen molar-refractivity contribution in [1.29, 1.82) is 0 Å². The van der Waals surface area contributed by atoms with Crippen LogP contribution in [0.4, 0.5) is 5.69 Å². The zero-order chi connectivity index (χ0) is 17.6. The normalized spacial score (nSPS) is 15.6. The molecule has 0 saturated carbocycles. The largest absolute Gasteiger partial charge is 0.494 e. The monoisotopic (exact) mass is 360 g/mol. The van der Waals surface area contributed by atoms with E-state index in [0.717, 1.165) is 19.6 Å². The summed E-state index contributed by atoms with van der Waals surface area (Å²) >= 11 is 6.11. The molecule has 1 amide bonds. The zero-order valence-corrected chi connectivity index (χ0v) is 14.9. The van der Waals surface area contributed by atoms with Gasteiger partial charge in [-0.25, -0.2) is 9.97 Å². The number of nitrogens with zero attached hydrogens (tertiary/aromatic N) is 3. The second kappa shape index (κ2) is 8.27. The Hall–Kier alpha value is -2.18. The molecule has 0 radical (unpaired) electrons. The first-order valence-electron chi connectivity index (χ1n) is 8.35. The van der Waals surface area contributed by atoms with E-state index >= 15 is 0 Å². The Kier molecular flexibility index (Phi) is 5.83. The molecular weight excluding hydrogens is 340 g/mol. The number of amides is 1. The van der Waals surface area contributed by atoms with Crippen molar-refractivity contribution in [2.45, 2.75) is 19.3 Å². The maximum Gasteiger partial charge on any atom is 0.248 e. The molecule has 3 rings (SSSR count). The van der Waals surface area contributed by atoms with Crippen molar-refractivity contribution in [2.75, 3.05) is 32.1 Å². The van der Waals surface area contributed by atoms with Crippen molar-refractivity contribution in [2.24, 2.45) is 0 Å². The highest BCUT2D eigenvalue weighted by atomic mass is 35.5. The first kappa shape index (κ1) is 17.6. The minimum Gasteiger partial charge on any atom is -0.494 e. The van der Waals surface area contributed by atoms with Gasteiger partial charge in [0.15, 0.2) is 0 Å². The summed E-state index contributed by atoms with van der Waals surface area (Å²) in [5.41, 5.74) is 1.20. The van der Waals surface area contributed by atoms with Crippen molar-refractivity contribution in [3.05, 3.63) is 35.8 Å². The predicted molar refractivity (Wildman–Crippen MR) is 99.2 cm³/mol. The number of halogens is 1. The maximum atomic E-state index is 12.2. The fraction of sp³-hybridized carbons (Fsp3) is 0.389. The summed E-state index contributed by atoms with van der Waals surface area (Å²) in [5.74, 6) is 0.322. The highest BCUT2D eigenvalue weighted by molar-refractivity contribution is 6.34. The smallest absolute Gasteiger partial charge is 0.248 e. The molecule has 1 saturated heterocycles. The molecule has 7 heteroatoms. The summed E-state index contributed by atoms with van der Waals surface area (Å²) in [6, 6.07) is 3.46. The van der Waals surface area contributed by atoms with E-state index in [1.165, 1.54) is 25.6 Å². The van der Waals surface area contributed by atoms with Gasteiger partial charge in [-0.1, -0.05) is 24.1 Å². The number of piperidine rings is 1. The van der Waals surface area contributed by atoms with Crippen molar-refractivity contribution in [3.63, 3.8) is 0 Å². The second-order valence-electron chi connectivity index (χ2n) is 5.99. The Morgan fingerprint density at radius 3 is 2.88 bits per heavy atom. The van der Waals surface area contributed by atoms with E-state index in [2.05, 4.69) is 20.2 Å². The quantitative estimate of drug-likeness (QED) is 0.654. The van der Waals surface area contributed by atoms with E-state index in [0.29, 0.717) is 27.5 Å². The molecule has 0 bridgehead atoms. The summed E-state index contributed by atoms with van der Waals surface area (Å²) in [4.78, 5) is 22.7. The van der Waals surface area contributed by atoms with Crippen LogP contribution >= 0.6 is 11.6 Å². The third-order valence-corrected chi connectivity index (χ3v) is 4.55. The molecule has 132 valence electrons. The number of hydrogen-bond donors (Lipinski definition) is 1. The summed E-state index contributed by atoms with van der Waals surface area (Å²) in [5, 5.41) is 3.84. The van der Waals surface area contributed by atoms with Crippen LogP contribution in [0.1, 0.15) is 19.3 Å². The SMILES string of the molecule is COc1cc2ncnc(Cl)c2cc1NC(=O)/C=C/CN1CCCCC1. The Labute approximate surface area is 151 Å². The molecule has 1 aliphatic rings. The molecule has 0 atom stereocenters. The topological polar surface area (TPSA) is 67.4 Å². The molecule has 1 aliphatic heterocycles. The number of likely N-dealkylation sites (tertiary alicyclic amines) is 1. The van der Waals surface area contributed by atoms with Gasteiger partial charge in [-0.05, 0) is 32.0 Å². The molecule has 25 heavy (non-hydrogen) atoms. The van der Waals surface area contributed by atoms with E-state index in [9.17, 15) is 4.79 Å². The summed E-state index contributed by atoms with van der Waals surface area (Å²) < 4.78 is 5.34. The second-order valence-corrected chi connectivity index (χ2v) is 6.35. The Morgan fingerprint density at radius 2 is 2.12 bits per heavy atom.